The van der Waals surface area contributed by atoms with Crippen LogP contribution in [-0.4, -0.2) is 34.9 Å². The van der Waals surface area contributed by atoms with Gasteiger partial charge in [0.15, 0.2) is 11.5 Å². The number of aromatic nitrogens is 2. The standard InChI is InChI=1S/C16H18BrN3O2/c17-12-9-16-15(21-6-7-22-16)8-11(12)10-20-5-1-2-14(20)13-3-4-18-19-13/h3-4,8-9,14H,1-2,5-7,10H2,(H,18,19)/t14-/m0/s1. The number of hydrogen-bond acceptors (Lipinski definition) is 4. The number of H-pyrrole nitrogens is 1. The number of ether oxygens (including phenoxy) is 2. The summed E-state index contributed by atoms with van der Waals surface area (Å²) in [6, 6.07) is 6.61. The third kappa shape index (κ3) is 2.61. The van der Waals surface area contributed by atoms with Gasteiger partial charge in [-0.1, -0.05) is 15.9 Å². The smallest absolute Gasteiger partial charge is 0.162 e. The van der Waals surface area contributed by atoms with Gasteiger partial charge in [0.05, 0.1) is 11.7 Å². The summed E-state index contributed by atoms with van der Waals surface area (Å²) in [5.74, 6) is 1.68. The van der Waals surface area contributed by atoms with Crippen LogP contribution < -0.4 is 9.47 Å². The summed E-state index contributed by atoms with van der Waals surface area (Å²) in [5, 5.41) is 7.20. The molecule has 0 saturated carbocycles. The highest BCUT2D eigenvalue weighted by molar-refractivity contribution is 9.10. The van der Waals surface area contributed by atoms with Crippen LogP contribution in [0.4, 0.5) is 0 Å². The van der Waals surface area contributed by atoms with Crippen molar-refractivity contribution in [3.8, 4) is 11.5 Å². The molecule has 3 heterocycles. The van der Waals surface area contributed by atoms with Crippen LogP contribution in [-0.2, 0) is 6.54 Å². The molecule has 116 valence electrons. The molecule has 0 bridgehead atoms. The van der Waals surface area contributed by atoms with Crippen molar-refractivity contribution < 1.29 is 9.47 Å². The van der Waals surface area contributed by atoms with Gasteiger partial charge in [-0.25, -0.2) is 0 Å². The molecule has 1 aromatic carbocycles. The van der Waals surface area contributed by atoms with Crippen LogP contribution in [0.25, 0.3) is 0 Å². The minimum absolute atomic E-state index is 0.419. The fourth-order valence-electron chi connectivity index (χ4n) is 3.27. The first-order chi connectivity index (χ1) is 10.8. The Morgan fingerprint density at radius 2 is 2.09 bits per heavy atom. The minimum Gasteiger partial charge on any atom is -0.486 e. The molecule has 0 amide bonds. The zero-order valence-electron chi connectivity index (χ0n) is 12.2. The fourth-order valence-corrected chi connectivity index (χ4v) is 3.71. The van der Waals surface area contributed by atoms with E-state index in [4.69, 9.17) is 9.47 Å². The second kappa shape index (κ2) is 5.93. The second-order valence-corrected chi connectivity index (χ2v) is 6.58. The number of rotatable bonds is 3. The summed E-state index contributed by atoms with van der Waals surface area (Å²) in [4.78, 5) is 2.49. The first-order valence-corrected chi connectivity index (χ1v) is 8.42. The highest BCUT2D eigenvalue weighted by Gasteiger charge is 2.28. The zero-order valence-corrected chi connectivity index (χ0v) is 13.8. The third-order valence-corrected chi connectivity index (χ3v) is 5.07. The van der Waals surface area contributed by atoms with Gasteiger partial charge in [-0.2, -0.15) is 5.10 Å². The SMILES string of the molecule is Brc1cc2c(cc1CN1CCC[C@H]1c1ccn[nH]1)OCCO2. The van der Waals surface area contributed by atoms with Gasteiger partial charge in [0.25, 0.3) is 0 Å². The van der Waals surface area contributed by atoms with Gasteiger partial charge in [-0.3, -0.25) is 10.00 Å². The summed E-state index contributed by atoms with van der Waals surface area (Å²) < 4.78 is 12.4. The Morgan fingerprint density at radius 3 is 2.86 bits per heavy atom. The van der Waals surface area contributed by atoms with Gasteiger partial charge < -0.3 is 9.47 Å². The van der Waals surface area contributed by atoms with Crippen molar-refractivity contribution in [3.63, 3.8) is 0 Å². The van der Waals surface area contributed by atoms with E-state index in [1.165, 1.54) is 24.1 Å². The first kappa shape index (κ1) is 14.1. The second-order valence-electron chi connectivity index (χ2n) is 5.73. The van der Waals surface area contributed by atoms with E-state index in [0.717, 1.165) is 29.1 Å². The van der Waals surface area contributed by atoms with Crippen molar-refractivity contribution in [2.24, 2.45) is 0 Å². The van der Waals surface area contributed by atoms with Gasteiger partial charge in [0.2, 0.25) is 0 Å². The average Bonchev–Trinajstić information content (AvgIpc) is 3.18. The maximum Gasteiger partial charge on any atom is 0.162 e. The molecule has 1 aromatic heterocycles. The quantitative estimate of drug-likeness (QED) is 0.908. The van der Waals surface area contributed by atoms with Gasteiger partial charge in [0, 0.05) is 17.2 Å². The predicted molar refractivity (Wildman–Crippen MR) is 86.1 cm³/mol. The summed E-state index contributed by atoms with van der Waals surface area (Å²) in [6.07, 6.45) is 4.21. The Hall–Kier alpha value is -1.53. The molecule has 6 heteroatoms. The molecule has 0 radical (unpaired) electrons. The molecule has 0 unspecified atom stereocenters. The highest BCUT2D eigenvalue weighted by Crippen LogP contribution is 2.38. The van der Waals surface area contributed by atoms with Crippen molar-refractivity contribution in [1.29, 1.82) is 0 Å². The molecular formula is C16H18BrN3O2. The van der Waals surface area contributed by atoms with E-state index in [2.05, 4.69) is 43.2 Å². The molecule has 2 aliphatic rings. The van der Waals surface area contributed by atoms with E-state index in [-0.39, 0.29) is 0 Å². The molecule has 5 nitrogen and oxygen atoms in total. The van der Waals surface area contributed by atoms with E-state index in [1.54, 1.807) is 0 Å². The van der Waals surface area contributed by atoms with Crippen LogP contribution >= 0.6 is 15.9 Å². The number of aromatic amines is 1. The summed E-state index contributed by atoms with van der Waals surface area (Å²) in [7, 11) is 0. The lowest BCUT2D eigenvalue weighted by molar-refractivity contribution is 0.170. The van der Waals surface area contributed by atoms with Crippen LogP contribution in [0.5, 0.6) is 11.5 Å². The van der Waals surface area contributed by atoms with E-state index >= 15 is 0 Å². The molecule has 0 aliphatic carbocycles. The normalized spacial score (nSPS) is 21.2. The number of likely N-dealkylation sites (tertiary alicyclic amines) is 1. The lowest BCUT2D eigenvalue weighted by atomic mass is 10.1. The average molecular weight is 364 g/mol. The summed E-state index contributed by atoms with van der Waals surface area (Å²) in [5.41, 5.74) is 2.43. The Balaban J connectivity index is 1.58. The fraction of sp³-hybridized carbons (Fsp3) is 0.438. The maximum absolute atomic E-state index is 5.70. The van der Waals surface area contributed by atoms with Gasteiger partial charge in [0.1, 0.15) is 13.2 Å². The molecular weight excluding hydrogens is 346 g/mol. The summed E-state index contributed by atoms with van der Waals surface area (Å²) in [6.45, 7) is 3.23. The van der Waals surface area contributed by atoms with Gasteiger partial charge >= 0.3 is 0 Å². The molecule has 1 atom stereocenters. The van der Waals surface area contributed by atoms with E-state index < -0.39 is 0 Å². The van der Waals surface area contributed by atoms with Gasteiger partial charge in [-0.15, -0.1) is 0 Å². The number of benzene rings is 1. The number of nitrogens with zero attached hydrogens (tertiary/aromatic N) is 2. The van der Waals surface area contributed by atoms with Crippen LogP contribution in [0.2, 0.25) is 0 Å². The molecule has 1 saturated heterocycles. The largest absolute Gasteiger partial charge is 0.486 e. The molecule has 1 N–H and O–H groups in total. The first-order valence-electron chi connectivity index (χ1n) is 7.62. The number of halogens is 1. The number of nitrogens with one attached hydrogen (secondary N) is 1. The number of fused-ring (bicyclic) bond motifs is 1. The maximum atomic E-state index is 5.70. The van der Waals surface area contributed by atoms with Crippen LogP contribution in [0.3, 0.4) is 0 Å². The van der Waals surface area contributed by atoms with E-state index in [0.29, 0.717) is 19.3 Å². The minimum atomic E-state index is 0.419. The molecule has 4 rings (SSSR count). The van der Waals surface area contributed by atoms with E-state index in [9.17, 15) is 0 Å². The Morgan fingerprint density at radius 1 is 1.27 bits per heavy atom. The van der Waals surface area contributed by atoms with Gasteiger partial charge in [-0.05, 0) is 43.1 Å². The highest BCUT2D eigenvalue weighted by atomic mass is 79.9. The molecule has 2 aromatic rings. The monoisotopic (exact) mass is 363 g/mol. The molecule has 22 heavy (non-hydrogen) atoms. The third-order valence-electron chi connectivity index (χ3n) is 4.33. The topological polar surface area (TPSA) is 50.4 Å². The van der Waals surface area contributed by atoms with Crippen molar-refractivity contribution in [2.75, 3.05) is 19.8 Å². The van der Waals surface area contributed by atoms with Crippen LogP contribution in [0, 0.1) is 0 Å². The van der Waals surface area contributed by atoms with Crippen LogP contribution in [0.1, 0.15) is 30.1 Å². The van der Waals surface area contributed by atoms with E-state index in [1.807, 2.05) is 12.3 Å². The summed E-state index contributed by atoms with van der Waals surface area (Å²) >= 11 is 3.67. The lowest BCUT2D eigenvalue weighted by Gasteiger charge is -2.25. The Bertz CT molecular complexity index is 660. The Kier molecular flexibility index (Phi) is 3.80. The molecule has 0 spiro atoms. The predicted octanol–water partition coefficient (Wildman–Crippen LogP) is 3.28. The van der Waals surface area contributed by atoms with Crippen molar-refractivity contribution in [3.05, 3.63) is 40.1 Å². The van der Waals surface area contributed by atoms with Crippen molar-refractivity contribution in [2.45, 2.75) is 25.4 Å². The number of hydrogen-bond donors (Lipinski definition) is 1. The van der Waals surface area contributed by atoms with Crippen molar-refractivity contribution >= 4 is 15.9 Å². The van der Waals surface area contributed by atoms with Crippen molar-refractivity contribution in [1.82, 2.24) is 15.1 Å². The molecule has 2 aliphatic heterocycles. The zero-order chi connectivity index (χ0) is 14.9. The Labute approximate surface area is 137 Å². The lowest BCUT2D eigenvalue weighted by Crippen LogP contribution is -2.23. The molecule has 1 fully saturated rings. The van der Waals surface area contributed by atoms with Crippen LogP contribution in [0.15, 0.2) is 28.9 Å².